The normalized spacial score (nSPS) is 13.9. The van der Waals surface area contributed by atoms with Gasteiger partial charge in [-0.1, -0.05) is 98.8 Å². The minimum atomic E-state index is -0.0856. The van der Waals surface area contributed by atoms with Crippen molar-refractivity contribution in [3.8, 4) is 0 Å². The lowest BCUT2D eigenvalue weighted by Crippen LogP contribution is -2.51. The predicted octanol–water partition coefficient (Wildman–Crippen LogP) is 9.05. The summed E-state index contributed by atoms with van der Waals surface area (Å²) in [6, 6.07) is 5.82. The molecule has 1 saturated heterocycles. The molecule has 3 N–H and O–H groups in total. The van der Waals surface area contributed by atoms with Gasteiger partial charge in [-0.05, 0) is 82.2 Å². The number of aliphatic imine (C=N–C) groups is 1. The van der Waals surface area contributed by atoms with Crippen LogP contribution in [0.3, 0.4) is 0 Å². The number of hydrogen-bond donors (Lipinski definition) is 2. The molecule has 0 unspecified atom stereocenters. The monoisotopic (exact) mass is 723 g/mol. The van der Waals surface area contributed by atoms with Crippen LogP contribution in [0.25, 0.3) is 5.57 Å². The van der Waals surface area contributed by atoms with E-state index in [-0.39, 0.29) is 5.82 Å². The number of nitrogens with zero attached hydrogens (tertiary/aromatic N) is 4. The van der Waals surface area contributed by atoms with E-state index in [1.807, 2.05) is 59.2 Å². The van der Waals surface area contributed by atoms with Crippen LogP contribution in [0.4, 0.5) is 4.39 Å². The Morgan fingerprint density at radius 3 is 2.06 bits per heavy atom. The third kappa shape index (κ3) is 24.2. The smallest absolute Gasteiger partial charge is 0.129 e. The number of nitrogens with two attached hydrogens (primary N) is 1. The van der Waals surface area contributed by atoms with Crippen molar-refractivity contribution in [2.75, 3.05) is 53.4 Å². The van der Waals surface area contributed by atoms with Crippen molar-refractivity contribution in [1.82, 2.24) is 20.1 Å². The number of carbonyl (C=O) groups is 1. The van der Waals surface area contributed by atoms with Crippen molar-refractivity contribution >= 4 is 48.1 Å². The zero-order valence-corrected chi connectivity index (χ0v) is 34.9. The highest BCUT2D eigenvalue weighted by atomic mass is 32.1. The minimum absolute atomic E-state index is 0.0856. The SMILES string of the molecule is C=NC/C(C(=C)CCC)=C(/CN1CCN(C=S)[C@H](C)C1)c1nccs1.C=O.CC.CC.CN.CNCC(C)(C)C.Cc1cccc(C)c1F. The summed E-state index contributed by atoms with van der Waals surface area (Å²) >= 11 is 6.80. The number of carbonyl (C=O) groups excluding carboxylic acids is 1. The highest BCUT2D eigenvalue weighted by molar-refractivity contribution is 7.78. The molecule has 0 amide bonds. The van der Waals surface area contributed by atoms with Crippen LogP contribution < -0.4 is 11.1 Å². The van der Waals surface area contributed by atoms with Crippen LogP contribution in [-0.4, -0.2) is 93.2 Å². The first-order valence-electron chi connectivity index (χ1n) is 17.3. The molecule has 49 heavy (non-hydrogen) atoms. The lowest BCUT2D eigenvalue weighted by molar-refractivity contribution is -0.0980. The maximum Gasteiger partial charge on any atom is 0.129 e. The second-order valence-electron chi connectivity index (χ2n) is 11.8. The Morgan fingerprint density at radius 2 is 1.71 bits per heavy atom. The molecule has 1 aromatic heterocycles. The number of hydrogen-bond acceptors (Lipinski definition) is 8. The van der Waals surface area contributed by atoms with Crippen molar-refractivity contribution in [2.45, 2.75) is 95.0 Å². The van der Waals surface area contributed by atoms with Crippen molar-refractivity contribution in [3.05, 3.63) is 69.5 Å². The Hall–Kier alpha value is -2.63. The van der Waals surface area contributed by atoms with Crippen molar-refractivity contribution in [2.24, 2.45) is 16.1 Å². The average molecular weight is 723 g/mol. The van der Waals surface area contributed by atoms with Crippen molar-refractivity contribution in [1.29, 1.82) is 0 Å². The van der Waals surface area contributed by atoms with Gasteiger partial charge in [-0.15, -0.1) is 11.3 Å². The Bertz CT molecular complexity index is 1110. The molecule has 282 valence electrons. The third-order valence-electron chi connectivity index (χ3n) is 6.68. The van der Waals surface area contributed by atoms with Gasteiger partial charge in [0.1, 0.15) is 17.6 Å². The first-order valence-corrected chi connectivity index (χ1v) is 18.6. The molecule has 1 atom stereocenters. The number of thiocarbonyl (C=S) groups is 1. The molecule has 1 aliphatic rings. The summed E-state index contributed by atoms with van der Waals surface area (Å²) in [5, 5.41) is 6.21. The zero-order valence-electron chi connectivity index (χ0n) is 33.3. The summed E-state index contributed by atoms with van der Waals surface area (Å²) in [5.74, 6) is -0.0856. The standard InChI is InChI=1S/C19H28N4S2.C8H9F.C6H15N.2C2H6.CH5N.CH2O/c1-5-6-15(2)17(11-20-4)18(19-21-7-10-25-19)13-22-8-9-23(14-24)16(3)12-22;1-6-4-3-5-7(2)8(6)9;1-6(2,3)5-7-4;4*1-2/h7,10,14,16H,2,4-6,8-9,11-13H2,1,3H3;3-5H,1-2H3;7H,5H2,1-4H3;2*1-2H3;2H2,1H3;1H2/b18-17+;;;;;;/t16-;;;;;;/m1....../s1. The van der Waals surface area contributed by atoms with E-state index in [4.69, 9.17) is 17.0 Å². The Labute approximate surface area is 310 Å². The van der Waals surface area contributed by atoms with Gasteiger partial charge in [0.2, 0.25) is 0 Å². The number of benzene rings is 1. The molecule has 1 aliphatic heterocycles. The average Bonchev–Trinajstić information content (AvgIpc) is 3.64. The van der Waals surface area contributed by atoms with E-state index in [9.17, 15) is 4.39 Å². The van der Waals surface area contributed by atoms with Crippen LogP contribution in [0.15, 0.2) is 52.5 Å². The van der Waals surface area contributed by atoms with E-state index >= 15 is 0 Å². The molecule has 0 radical (unpaired) electrons. The van der Waals surface area contributed by atoms with Gasteiger partial charge in [-0.25, -0.2) is 9.37 Å². The number of aromatic nitrogens is 1. The quantitative estimate of drug-likeness (QED) is 0.144. The van der Waals surface area contributed by atoms with Crippen LogP contribution >= 0.6 is 23.6 Å². The van der Waals surface area contributed by atoms with E-state index in [1.165, 1.54) is 18.2 Å². The molecule has 1 fully saturated rings. The van der Waals surface area contributed by atoms with Gasteiger partial charge in [-0.3, -0.25) is 9.89 Å². The molecule has 0 aliphatic carbocycles. The number of rotatable bonds is 10. The van der Waals surface area contributed by atoms with Crippen LogP contribution in [0.2, 0.25) is 0 Å². The van der Waals surface area contributed by atoms with E-state index in [1.54, 1.807) is 42.8 Å². The van der Waals surface area contributed by atoms with Crippen molar-refractivity contribution < 1.29 is 9.18 Å². The summed E-state index contributed by atoms with van der Waals surface area (Å²) in [4.78, 5) is 21.5. The second-order valence-corrected chi connectivity index (χ2v) is 12.9. The maximum atomic E-state index is 12.7. The Morgan fingerprint density at radius 1 is 1.16 bits per heavy atom. The molecule has 2 aromatic rings. The lowest BCUT2D eigenvalue weighted by atomic mass is 9.97. The first-order chi connectivity index (χ1) is 23.4. The van der Waals surface area contributed by atoms with E-state index < -0.39 is 0 Å². The second kappa shape index (κ2) is 33.8. The molecular weight excluding hydrogens is 652 g/mol. The molecule has 3 rings (SSSR count). The summed E-state index contributed by atoms with van der Waals surface area (Å²) in [7, 11) is 3.48. The summed E-state index contributed by atoms with van der Waals surface area (Å²) in [6.07, 6.45) is 3.93. The van der Waals surface area contributed by atoms with Gasteiger partial charge in [-0.2, -0.15) is 0 Å². The zero-order chi connectivity index (χ0) is 39.0. The largest absolute Gasteiger partial charge is 0.363 e. The van der Waals surface area contributed by atoms with E-state index in [2.05, 4.69) is 78.7 Å². The molecular formula is C39H71FN6OS2. The first kappa shape index (κ1) is 53.2. The van der Waals surface area contributed by atoms with Gasteiger partial charge < -0.3 is 20.7 Å². The van der Waals surface area contributed by atoms with Gasteiger partial charge in [0, 0.05) is 49.4 Å². The highest BCUT2D eigenvalue weighted by Gasteiger charge is 2.24. The fourth-order valence-electron chi connectivity index (χ4n) is 4.55. The Balaban J connectivity index is -0.000000346. The van der Waals surface area contributed by atoms with Gasteiger partial charge in [0.05, 0.1) is 12.0 Å². The highest BCUT2D eigenvalue weighted by Crippen LogP contribution is 2.29. The number of thiazole rings is 1. The van der Waals surface area contributed by atoms with Crippen molar-refractivity contribution in [3.63, 3.8) is 0 Å². The number of halogens is 1. The van der Waals surface area contributed by atoms with E-state index in [0.29, 0.717) is 18.0 Å². The molecule has 1 aromatic carbocycles. The lowest BCUT2D eigenvalue weighted by Gasteiger charge is -2.39. The van der Waals surface area contributed by atoms with Crippen LogP contribution in [-0.2, 0) is 4.79 Å². The van der Waals surface area contributed by atoms with Crippen LogP contribution in [0.1, 0.15) is 91.3 Å². The molecule has 0 bridgehead atoms. The van der Waals surface area contributed by atoms with Crippen LogP contribution in [0, 0.1) is 25.1 Å². The number of piperazine rings is 1. The maximum absolute atomic E-state index is 12.7. The number of nitrogens with one attached hydrogen (secondary N) is 1. The molecule has 0 saturated carbocycles. The van der Waals surface area contributed by atoms with Crippen LogP contribution in [0.5, 0.6) is 0 Å². The number of aryl methyl sites for hydroxylation is 2. The molecule has 2 heterocycles. The van der Waals surface area contributed by atoms with E-state index in [0.717, 1.165) is 67.3 Å². The fraction of sp³-hybridized carbons (Fsp3) is 0.590. The van der Waals surface area contributed by atoms with Gasteiger partial charge in [0.15, 0.2) is 0 Å². The summed E-state index contributed by atoms with van der Waals surface area (Å²) in [5.41, 5.74) is 11.8. The molecule has 7 nitrogen and oxygen atoms in total. The third-order valence-corrected chi connectivity index (χ3v) is 7.78. The molecule has 10 heteroatoms. The van der Waals surface area contributed by atoms with Gasteiger partial charge in [0.25, 0.3) is 0 Å². The predicted molar refractivity (Wildman–Crippen MR) is 223 cm³/mol. The topological polar surface area (TPSA) is 86.8 Å². The Kier molecular flexibility index (Phi) is 36.7. The summed E-state index contributed by atoms with van der Waals surface area (Å²) < 4.78 is 12.7. The van der Waals surface area contributed by atoms with Gasteiger partial charge >= 0.3 is 0 Å². The molecule has 0 spiro atoms. The minimum Gasteiger partial charge on any atom is -0.363 e. The fourth-order valence-corrected chi connectivity index (χ4v) is 5.56. The summed E-state index contributed by atoms with van der Waals surface area (Å²) in [6.45, 7) is 38.1.